The van der Waals surface area contributed by atoms with E-state index in [9.17, 15) is 4.79 Å². The van der Waals surface area contributed by atoms with E-state index in [2.05, 4.69) is 16.7 Å². The molecule has 1 aliphatic heterocycles. The fourth-order valence-corrected chi connectivity index (χ4v) is 2.70. The van der Waals surface area contributed by atoms with Crippen molar-refractivity contribution >= 4 is 11.6 Å². The lowest BCUT2D eigenvalue weighted by Gasteiger charge is -2.19. The molecule has 1 aliphatic rings. The zero-order chi connectivity index (χ0) is 14.3. The summed E-state index contributed by atoms with van der Waals surface area (Å²) in [6, 6.07) is 9.87. The maximum Gasteiger partial charge on any atom is 0.234 e. The predicted molar refractivity (Wildman–Crippen MR) is 77.7 cm³/mol. The zero-order valence-electron chi connectivity index (χ0n) is 11.9. The highest BCUT2D eigenvalue weighted by Crippen LogP contribution is 2.39. The Morgan fingerprint density at radius 2 is 2.10 bits per heavy atom. The van der Waals surface area contributed by atoms with E-state index in [0.717, 1.165) is 22.6 Å². The van der Waals surface area contributed by atoms with Gasteiger partial charge in [0.05, 0.1) is 17.7 Å². The lowest BCUT2D eigenvalue weighted by Crippen LogP contribution is -2.27. The van der Waals surface area contributed by atoms with Crippen LogP contribution in [0.5, 0.6) is 0 Å². The first-order valence-electron chi connectivity index (χ1n) is 6.70. The van der Waals surface area contributed by atoms with Gasteiger partial charge in [-0.3, -0.25) is 4.79 Å². The molecule has 1 aromatic heterocycles. The highest BCUT2D eigenvalue weighted by molar-refractivity contribution is 6.05. The topological polar surface area (TPSA) is 54.3 Å². The van der Waals surface area contributed by atoms with Gasteiger partial charge in [-0.2, -0.15) is 0 Å². The number of amides is 1. The first kappa shape index (κ1) is 12.9. The standard InChI is InChI=1S/C16H18N2O2/c1-16(2)11-9-10(6-7-12(11)18-15(16)19)14(17-3)13-5-4-8-20-13/h4-9,14,17H,1-3H3,(H,18,19). The van der Waals surface area contributed by atoms with Gasteiger partial charge in [-0.05, 0) is 50.2 Å². The summed E-state index contributed by atoms with van der Waals surface area (Å²) >= 11 is 0. The molecule has 0 fully saturated rings. The molecule has 0 saturated heterocycles. The summed E-state index contributed by atoms with van der Waals surface area (Å²) in [6.45, 7) is 3.89. The van der Waals surface area contributed by atoms with Crippen LogP contribution in [0.4, 0.5) is 5.69 Å². The minimum absolute atomic E-state index is 0.0122. The Bertz CT molecular complexity index is 645. The molecule has 0 aliphatic carbocycles. The maximum absolute atomic E-state index is 12.0. The molecule has 4 nitrogen and oxygen atoms in total. The smallest absolute Gasteiger partial charge is 0.234 e. The van der Waals surface area contributed by atoms with Crippen LogP contribution in [-0.2, 0) is 10.2 Å². The average molecular weight is 270 g/mol. The van der Waals surface area contributed by atoms with Crippen LogP contribution in [0, 0.1) is 0 Å². The van der Waals surface area contributed by atoms with Crippen LogP contribution in [0.15, 0.2) is 41.0 Å². The van der Waals surface area contributed by atoms with E-state index in [0.29, 0.717) is 0 Å². The summed E-state index contributed by atoms with van der Waals surface area (Å²) in [4.78, 5) is 12.0. The molecule has 2 aromatic rings. The van der Waals surface area contributed by atoms with Crippen molar-refractivity contribution in [3.05, 3.63) is 53.5 Å². The van der Waals surface area contributed by atoms with E-state index >= 15 is 0 Å². The summed E-state index contributed by atoms with van der Waals surface area (Å²) in [5.41, 5.74) is 2.53. The molecule has 4 heteroatoms. The van der Waals surface area contributed by atoms with Crippen LogP contribution in [0.3, 0.4) is 0 Å². The van der Waals surface area contributed by atoms with Crippen molar-refractivity contribution in [3.63, 3.8) is 0 Å². The Hall–Kier alpha value is -2.07. The molecule has 104 valence electrons. The van der Waals surface area contributed by atoms with Gasteiger partial charge < -0.3 is 15.1 Å². The van der Waals surface area contributed by atoms with E-state index in [1.165, 1.54) is 0 Å². The van der Waals surface area contributed by atoms with Gasteiger partial charge in [0.25, 0.3) is 0 Å². The van der Waals surface area contributed by atoms with Crippen LogP contribution >= 0.6 is 0 Å². The zero-order valence-corrected chi connectivity index (χ0v) is 11.9. The molecule has 2 N–H and O–H groups in total. The molecule has 2 heterocycles. The minimum Gasteiger partial charge on any atom is -0.467 e. The highest BCUT2D eigenvalue weighted by Gasteiger charge is 2.38. The third kappa shape index (κ3) is 1.84. The fraction of sp³-hybridized carbons (Fsp3) is 0.312. The fourth-order valence-electron chi connectivity index (χ4n) is 2.70. The third-order valence-electron chi connectivity index (χ3n) is 3.98. The molecular formula is C16H18N2O2. The largest absolute Gasteiger partial charge is 0.467 e. The number of nitrogens with one attached hydrogen (secondary N) is 2. The molecule has 1 amide bonds. The number of anilines is 1. The van der Waals surface area contributed by atoms with E-state index in [4.69, 9.17) is 4.42 Å². The van der Waals surface area contributed by atoms with Gasteiger partial charge in [-0.25, -0.2) is 0 Å². The second kappa shape index (κ2) is 4.49. The Balaban J connectivity index is 2.05. The van der Waals surface area contributed by atoms with Crippen LogP contribution in [0.1, 0.15) is 36.8 Å². The van der Waals surface area contributed by atoms with Crippen molar-refractivity contribution in [1.82, 2.24) is 5.32 Å². The summed E-state index contributed by atoms with van der Waals surface area (Å²) in [5, 5.41) is 6.18. The van der Waals surface area contributed by atoms with Crippen LogP contribution in [-0.4, -0.2) is 13.0 Å². The molecule has 0 bridgehead atoms. The lowest BCUT2D eigenvalue weighted by atomic mass is 9.84. The Morgan fingerprint density at radius 1 is 1.30 bits per heavy atom. The van der Waals surface area contributed by atoms with Crippen LogP contribution < -0.4 is 10.6 Å². The first-order chi connectivity index (χ1) is 9.54. The van der Waals surface area contributed by atoms with Crippen molar-refractivity contribution in [3.8, 4) is 0 Å². The van der Waals surface area contributed by atoms with Crippen molar-refractivity contribution < 1.29 is 9.21 Å². The van der Waals surface area contributed by atoms with Gasteiger partial charge >= 0.3 is 0 Å². The molecule has 3 rings (SSSR count). The number of hydrogen-bond donors (Lipinski definition) is 2. The van der Waals surface area contributed by atoms with Gasteiger partial charge in [0.2, 0.25) is 5.91 Å². The number of furan rings is 1. The third-order valence-corrected chi connectivity index (χ3v) is 3.98. The lowest BCUT2D eigenvalue weighted by molar-refractivity contribution is -0.119. The van der Waals surface area contributed by atoms with E-state index in [-0.39, 0.29) is 11.9 Å². The van der Waals surface area contributed by atoms with Crippen molar-refractivity contribution in [1.29, 1.82) is 0 Å². The highest BCUT2D eigenvalue weighted by atomic mass is 16.3. The molecule has 20 heavy (non-hydrogen) atoms. The first-order valence-corrected chi connectivity index (χ1v) is 6.70. The number of rotatable bonds is 3. The number of fused-ring (bicyclic) bond motifs is 1. The Labute approximate surface area is 118 Å². The number of carbonyl (C=O) groups is 1. The number of carbonyl (C=O) groups excluding carboxylic acids is 1. The molecule has 0 saturated carbocycles. The second-order valence-corrected chi connectivity index (χ2v) is 5.62. The second-order valence-electron chi connectivity index (χ2n) is 5.62. The van der Waals surface area contributed by atoms with E-state index < -0.39 is 5.41 Å². The predicted octanol–water partition coefficient (Wildman–Crippen LogP) is 2.82. The summed E-state index contributed by atoms with van der Waals surface area (Å²) in [6.07, 6.45) is 1.67. The van der Waals surface area contributed by atoms with Crippen molar-refractivity contribution in [2.24, 2.45) is 0 Å². The summed E-state index contributed by atoms with van der Waals surface area (Å²) in [5.74, 6) is 0.909. The Morgan fingerprint density at radius 3 is 2.75 bits per heavy atom. The van der Waals surface area contributed by atoms with E-state index in [1.807, 2.05) is 45.2 Å². The molecule has 1 unspecified atom stereocenters. The van der Waals surface area contributed by atoms with Crippen LogP contribution in [0.25, 0.3) is 0 Å². The molecule has 0 spiro atoms. The van der Waals surface area contributed by atoms with Gasteiger partial charge in [0.15, 0.2) is 0 Å². The molecule has 1 atom stereocenters. The summed E-state index contributed by atoms with van der Waals surface area (Å²) in [7, 11) is 1.90. The SMILES string of the molecule is CNC(c1ccc2c(c1)C(C)(C)C(=O)N2)c1ccco1. The normalized spacial score (nSPS) is 17.6. The maximum atomic E-state index is 12.0. The van der Waals surface area contributed by atoms with Crippen LogP contribution in [0.2, 0.25) is 0 Å². The minimum atomic E-state index is -0.493. The molecule has 0 radical (unpaired) electrons. The van der Waals surface area contributed by atoms with Crippen molar-refractivity contribution in [2.75, 3.05) is 12.4 Å². The Kier molecular flexibility index (Phi) is 2.91. The van der Waals surface area contributed by atoms with Gasteiger partial charge in [0, 0.05) is 5.69 Å². The van der Waals surface area contributed by atoms with Gasteiger partial charge in [0.1, 0.15) is 5.76 Å². The van der Waals surface area contributed by atoms with Gasteiger partial charge in [-0.15, -0.1) is 0 Å². The number of hydrogen-bond acceptors (Lipinski definition) is 3. The van der Waals surface area contributed by atoms with Crippen molar-refractivity contribution in [2.45, 2.75) is 25.3 Å². The monoisotopic (exact) mass is 270 g/mol. The summed E-state index contributed by atoms with van der Waals surface area (Å²) < 4.78 is 5.49. The number of benzene rings is 1. The van der Waals surface area contributed by atoms with Gasteiger partial charge in [-0.1, -0.05) is 12.1 Å². The molecular weight excluding hydrogens is 252 g/mol. The van der Waals surface area contributed by atoms with E-state index in [1.54, 1.807) is 6.26 Å². The average Bonchev–Trinajstić information content (AvgIpc) is 3.01. The quantitative estimate of drug-likeness (QED) is 0.901. The molecule has 1 aromatic carbocycles.